The van der Waals surface area contributed by atoms with E-state index in [2.05, 4.69) is 10.6 Å². The third-order valence-electron chi connectivity index (χ3n) is 3.34. The van der Waals surface area contributed by atoms with Gasteiger partial charge in [0.05, 0.1) is 0 Å². The van der Waals surface area contributed by atoms with E-state index in [-0.39, 0.29) is 5.92 Å². The average molecular weight is 328 g/mol. The molecule has 6 heteroatoms. The maximum atomic E-state index is 13.2. The second-order valence-corrected chi connectivity index (χ2v) is 6.90. The molecule has 0 fully saturated rings. The standard InChI is InChI=1S/C17H26F2N2O2/c1-11(2)12(10-21-16(22)23-17(3,4)5)9-20-13-6-7-14(18)15(19)8-13/h6-8,11-12,20H,9-10H2,1-5H3,(H,21,22). The van der Waals surface area contributed by atoms with Crippen molar-refractivity contribution in [1.29, 1.82) is 0 Å². The summed E-state index contributed by atoms with van der Waals surface area (Å²) >= 11 is 0. The first-order valence-electron chi connectivity index (χ1n) is 7.74. The Kier molecular flexibility index (Phi) is 6.79. The Bertz CT molecular complexity index is 528. The van der Waals surface area contributed by atoms with Gasteiger partial charge in [-0.1, -0.05) is 13.8 Å². The number of halogens is 2. The predicted octanol–water partition coefficient (Wildman–Crippen LogP) is 4.17. The molecule has 0 aliphatic heterocycles. The number of hydrogen-bond acceptors (Lipinski definition) is 3. The summed E-state index contributed by atoms with van der Waals surface area (Å²) in [5.41, 5.74) is -0.0341. The summed E-state index contributed by atoms with van der Waals surface area (Å²) in [5.74, 6) is -1.34. The van der Waals surface area contributed by atoms with Crippen molar-refractivity contribution >= 4 is 11.8 Å². The average Bonchev–Trinajstić information content (AvgIpc) is 2.40. The molecule has 0 aromatic heterocycles. The molecule has 0 spiro atoms. The first-order valence-corrected chi connectivity index (χ1v) is 7.74. The summed E-state index contributed by atoms with van der Waals surface area (Å²) in [5, 5.41) is 5.81. The van der Waals surface area contributed by atoms with Crippen LogP contribution in [0.15, 0.2) is 18.2 Å². The van der Waals surface area contributed by atoms with Crippen molar-refractivity contribution in [3.8, 4) is 0 Å². The molecule has 1 atom stereocenters. The van der Waals surface area contributed by atoms with Crippen LogP contribution in [0, 0.1) is 23.5 Å². The van der Waals surface area contributed by atoms with Gasteiger partial charge >= 0.3 is 6.09 Å². The zero-order valence-corrected chi connectivity index (χ0v) is 14.4. The number of rotatable bonds is 6. The number of alkyl carbamates (subject to hydrolysis) is 1. The van der Waals surface area contributed by atoms with Gasteiger partial charge in [-0.15, -0.1) is 0 Å². The highest BCUT2D eigenvalue weighted by Crippen LogP contribution is 2.16. The molecule has 0 aliphatic rings. The van der Waals surface area contributed by atoms with Crippen LogP contribution in [0.2, 0.25) is 0 Å². The molecule has 2 N–H and O–H groups in total. The number of carbonyl (C=O) groups excluding carboxylic acids is 1. The number of hydrogen-bond donors (Lipinski definition) is 2. The van der Waals surface area contributed by atoms with Gasteiger partial charge < -0.3 is 15.4 Å². The van der Waals surface area contributed by atoms with E-state index in [1.165, 1.54) is 6.07 Å². The Morgan fingerprint density at radius 1 is 1.17 bits per heavy atom. The first kappa shape index (κ1) is 19.2. The molecular weight excluding hydrogens is 302 g/mol. The summed E-state index contributed by atoms with van der Waals surface area (Å²) < 4.78 is 31.3. The number of nitrogens with one attached hydrogen (secondary N) is 2. The Morgan fingerprint density at radius 2 is 1.83 bits per heavy atom. The number of amides is 1. The normalized spacial score (nSPS) is 12.9. The molecule has 1 unspecified atom stereocenters. The molecule has 130 valence electrons. The van der Waals surface area contributed by atoms with Crippen molar-refractivity contribution in [2.24, 2.45) is 11.8 Å². The first-order chi connectivity index (χ1) is 10.6. The summed E-state index contributed by atoms with van der Waals surface area (Å²) in [7, 11) is 0. The van der Waals surface area contributed by atoms with Crippen molar-refractivity contribution < 1.29 is 18.3 Å². The van der Waals surface area contributed by atoms with Gasteiger partial charge in [0.15, 0.2) is 11.6 Å². The van der Waals surface area contributed by atoms with E-state index >= 15 is 0 Å². The number of carbonyl (C=O) groups is 1. The Morgan fingerprint density at radius 3 is 2.35 bits per heavy atom. The minimum absolute atomic E-state index is 0.121. The fourth-order valence-electron chi connectivity index (χ4n) is 1.93. The van der Waals surface area contributed by atoms with Gasteiger partial charge in [-0.25, -0.2) is 13.6 Å². The summed E-state index contributed by atoms with van der Waals surface area (Å²) in [4.78, 5) is 11.7. The van der Waals surface area contributed by atoms with Crippen LogP contribution >= 0.6 is 0 Å². The molecule has 0 bridgehead atoms. The Labute approximate surface area is 136 Å². The topological polar surface area (TPSA) is 50.4 Å². The van der Waals surface area contributed by atoms with Crippen molar-refractivity contribution in [3.63, 3.8) is 0 Å². The highest BCUT2D eigenvalue weighted by Gasteiger charge is 2.19. The maximum Gasteiger partial charge on any atom is 0.407 e. The molecule has 4 nitrogen and oxygen atoms in total. The van der Waals surface area contributed by atoms with Gasteiger partial charge in [0.2, 0.25) is 0 Å². The SMILES string of the molecule is CC(C)C(CNC(=O)OC(C)(C)C)CNc1ccc(F)c(F)c1. The lowest BCUT2D eigenvalue weighted by molar-refractivity contribution is 0.0516. The largest absolute Gasteiger partial charge is 0.444 e. The maximum absolute atomic E-state index is 13.2. The quantitative estimate of drug-likeness (QED) is 0.824. The molecule has 1 aromatic rings. The highest BCUT2D eigenvalue weighted by molar-refractivity contribution is 5.67. The zero-order chi connectivity index (χ0) is 17.6. The van der Waals surface area contributed by atoms with Crippen LogP contribution in [0.1, 0.15) is 34.6 Å². The van der Waals surface area contributed by atoms with E-state index in [1.54, 1.807) is 20.8 Å². The van der Waals surface area contributed by atoms with Gasteiger partial charge in [-0.05, 0) is 50.8 Å². The van der Waals surface area contributed by atoms with Crippen molar-refractivity contribution in [3.05, 3.63) is 29.8 Å². The van der Waals surface area contributed by atoms with Crippen molar-refractivity contribution in [2.75, 3.05) is 18.4 Å². The summed E-state index contributed by atoms with van der Waals surface area (Å²) in [6.45, 7) is 10.4. The van der Waals surface area contributed by atoms with E-state index in [0.717, 1.165) is 12.1 Å². The lowest BCUT2D eigenvalue weighted by atomic mass is 9.95. The lowest BCUT2D eigenvalue weighted by Crippen LogP contribution is -2.38. The third kappa shape index (κ3) is 7.30. The summed E-state index contributed by atoms with van der Waals surface area (Å²) in [6.07, 6.45) is -0.462. The van der Waals surface area contributed by atoms with Crippen LogP contribution in [0.3, 0.4) is 0 Å². The van der Waals surface area contributed by atoms with Crippen LogP contribution in [0.4, 0.5) is 19.3 Å². The number of anilines is 1. The molecule has 1 aromatic carbocycles. The monoisotopic (exact) mass is 328 g/mol. The molecule has 1 amide bonds. The molecule has 1 rings (SSSR count). The predicted molar refractivity (Wildman–Crippen MR) is 87.4 cm³/mol. The van der Waals surface area contributed by atoms with Crippen LogP contribution in [0.5, 0.6) is 0 Å². The van der Waals surface area contributed by atoms with Crippen molar-refractivity contribution in [2.45, 2.75) is 40.2 Å². The van der Waals surface area contributed by atoms with Crippen LogP contribution in [-0.4, -0.2) is 24.8 Å². The van der Waals surface area contributed by atoms with Gasteiger partial charge in [0.25, 0.3) is 0 Å². The van der Waals surface area contributed by atoms with E-state index in [9.17, 15) is 13.6 Å². The minimum Gasteiger partial charge on any atom is -0.444 e. The van der Waals surface area contributed by atoms with E-state index in [1.807, 2.05) is 13.8 Å². The molecule has 0 radical (unpaired) electrons. The fourth-order valence-corrected chi connectivity index (χ4v) is 1.93. The van der Waals surface area contributed by atoms with E-state index in [4.69, 9.17) is 4.74 Å². The molecule has 23 heavy (non-hydrogen) atoms. The Hall–Kier alpha value is -1.85. The van der Waals surface area contributed by atoms with E-state index < -0.39 is 23.3 Å². The van der Waals surface area contributed by atoms with Gasteiger partial charge in [0.1, 0.15) is 5.60 Å². The fraction of sp³-hybridized carbons (Fsp3) is 0.588. The number of ether oxygens (including phenoxy) is 1. The van der Waals surface area contributed by atoms with Crippen LogP contribution in [0.25, 0.3) is 0 Å². The molecule has 0 aliphatic carbocycles. The molecule has 0 saturated carbocycles. The highest BCUT2D eigenvalue weighted by atomic mass is 19.2. The second kappa shape index (κ2) is 8.13. The second-order valence-electron chi connectivity index (χ2n) is 6.90. The lowest BCUT2D eigenvalue weighted by Gasteiger charge is -2.24. The Balaban J connectivity index is 2.52. The summed E-state index contributed by atoms with van der Waals surface area (Å²) in [6, 6.07) is 3.69. The smallest absolute Gasteiger partial charge is 0.407 e. The van der Waals surface area contributed by atoms with Crippen LogP contribution in [-0.2, 0) is 4.74 Å². The third-order valence-corrected chi connectivity index (χ3v) is 3.34. The number of benzene rings is 1. The van der Waals surface area contributed by atoms with Gasteiger partial charge in [-0.2, -0.15) is 0 Å². The van der Waals surface area contributed by atoms with E-state index in [0.29, 0.717) is 24.7 Å². The molecular formula is C17H26F2N2O2. The molecule has 0 heterocycles. The van der Waals surface area contributed by atoms with Gasteiger partial charge in [0, 0.05) is 18.8 Å². The van der Waals surface area contributed by atoms with Crippen molar-refractivity contribution in [1.82, 2.24) is 5.32 Å². The minimum atomic E-state index is -0.886. The van der Waals surface area contributed by atoms with Gasteiger partial charge in [-0.3, -0.25) is 0 Å². The molecule has 0 saturated heterocycles. The van der Waals surface area contributed by atoms with Crippen LogP contribution < -0.4 is 10.6 Å². The zero-order valence-electron chi connectivity index (χ0n) is 14.4.